The van der Waals surface area contributed by atoms with Gasteiger partial charge in [0.05, 0.1) is 4.90 Å². The van der Waals surface area contributed by atoms with Gasteiger partial charge in [0.25, 0.3) is 0 Å². The van der Waals surface area contributed by atoms with E-state index in [1.165, 1.54) is 12.1 Å². The van der Waals surface area contributed by atoms with E-state index in [1.54, 1.807) is 19.1 Å². The molecule has 1 rings (SSSR count). The van der Waals surface area contributed by atoms with Crippen LogP contribution < -0.4 is 0 Å². The summed E-state index contributed by atoms with van der Waals surface area (Å²) in [5.74, 6) is -1.30. The van der Waals surface area contributed by atoms with E-state index in [0.29, 0.717) is 0 Å². The minimum atomic E-state index is -3.77. The van der Waals surface area contributed by atoms with Crippen LogP contribution in [0.4, 0.5) is 0 Å². The number of hydrogen-bond acceptors (Lipinski definition) is 3. The highest BCUT2D eigenvalue weighted by atomic mass is 32.2. The summed E-state index contributed by atoms with van der Waals surface area (Å²) in [5, 5.41) is 7.48. The van der Waals surface area contributed by atoms with E-state index in [9.17, 15) is 13.2 Å². The molecule has 0 aliphatic rings. The summed E-state index contributed by atoms with van der Waals surface area (Å²) in [7, 11) is -3.77. The number of rotatable bonds is 4. The first-order valence-corrected chi connectivity index (χ1v) is 6.47. The molecule has 1 atom stereocenters. The lowest BCUT2D eigenvalue weighted by Crippen LogP contribution is -2.29. The molecule has 0 saturated carbocycles. The van der Waals surface area contributed by atoms with Gasteiger partial charge in [-0.2, -0.15) is 0 Å². The molecule has 88 valence electrons. The minimum Gasteiger partial charge on any atom is -0.480 e. The number of hydrogen-bond donors (Lipinski definition) is 1. The fourth-order valence-electron chi connectivity index (χ4n) is 1.42. The van der Waals surface area contributed by atoms with Gasteiger partial charge in [-0.25, -0.2) is 8.42 Å². The van der Waals surface area contributed by atoms with Crippen LogP contribution in [0, 0.1) is 6.92 Å². The number of aryl methyl sites for hydroxylation is 1. The molecule has 0 fully saturated rings. The van der Waals surface area contributed by atoms with Gasteiger partial charge in [0, 0.05) is 0 Å². The summed E-state index contributed by atoms with van der Waals surface area (Å²) in [6.45, 7) is 3.38. The molecule has 0 radical (unpaired) electrons. The number of benzene rings is 1. The maximum Gasteiger partial charge on any atom is 0.322 e. The van der Waals surface area contributed by atoms with Gasteiger partial charge in [0.1, 0.15) is 0 Å². The van der Waals surface area contributed by atoms with E-state index in [4.69, 9.17) is 5.11 Å². The second kappa shape index (κ2) is 4.65. The smallest absolute Gasteiger partial charge is 0.322 e. The topological polar surface area (TPSA) is 71.4 Å². The fourth-order valence-corrected chi connectivity index (χ4v) is 2.97. The SMILES string of the molecule is CCC(C(=O)O)S(=O)(=O)c1ccc(C)cc1. The third-order valence-electron chi connectivity index (χ3n) is 2.37. The molecule has 0 aliphatic carbocycles. The van der Waals surface area contributed by atoms with Gasteiger partial charge >= 0.3 is 5.97 Å². The van der Waals surface area contributed by atoms with E-state index in [2.05, 4.69) is 0 Å². The summed E-state index contributed by atoms with van der Waals surface area (Å²) in [5.41, 5.74) is 0.933. The van der Waals surface area contributed by atoms with Crippen LogP contribution in [0.5, 0.6) is 0 Å². The van der Waals surface area contributed by atoms with Crippen molar-refractivity contribution >= 4 is 15.8 Å². The maximum absolute atomic E-state index is 11.9. The van der Waals surface area contributed by atoms with Crippen LogP contribution in [0.25, 0.3) is 0 Å². The Hall–Kier alpha value is -1.36. The van der Waals surface area contributed by atoms with Crippen LogP contribution in [-0.4, -0.2) is 24.7 Å². The highest BCUT2D eigenvalue weighted by molar-refractivity contribution is 7.92. The molecule has 0 heterocycles. The summed E-state index contributed by atoms with van der Waals surface area (Å²) >= 11 is 0. The Morgan fingerprint density at radius 2 is 1.81 bits per heavy atom. The molecule has 0 aromatic heterocycles. The zero-order valence-electron chi connectivity index (χ0n) is 9.17. The molecule has 1 N–H and O–H groups in total. The molecular formula is C11H14O4S. The average molecular weight is 242 g/mol. The third-order valence-corrected chi connectivity index (χ3v) is 4.58. The lowest BCUT2D eigenvalue weighted by atomic mass is 10.2. The Balaban J connectivity index is 3.20. The van der Waals surface area contributed by atoms with Crippen molar-refractivity contribution in [3.63, 3.8) is 0 Å². The first-order chi connectivity index (χ1) is 7.39. The summed E-state index contributed by atoms with van der Waals surface area (Å²) in [6, 6.07) is 6.19. The molecule has 0 spiro atoms. The molecule has 5 heteroatoms. The molecule has 0 bridgehead atoms. The van der Waals surface area contributed by atoms with Crippen LogP contribution in [0.1, 0.15) is 18.9 Å². The average Bonchev–Trinajstić information content (AvgIpc) is 2.18. The Kier molecular flexibility index (Phi) is 3.70. The number of carbonyl (C=O) groups is 1. The number of aliphatic carboxylic acids is 1. The van der Waals surface area contributed by atoms with Gasteiger partial charge in [0.15, 0.2) is 15.1 Å². The van der Waals surface area contributed by atoms with Gasteiger partial charge in [-0.3, -0.25) is 4.79 Å². The van der Waals surface area contributed by atoms with Gasteiger partial charge in [0.2, 0.25) is 0 Å². The van der Waals surface area contributed by atoms with Gasteiger partial charge in [-0.15, -0.1) is 0 Å². The van der Waals surface area contributed by atoms with Crippen molar-refractivity contribution in [1.82, 2.24) is 0 Å². The zero-order chi connectivity index (χ0) is 12.3. The fraction of sp³-hybridized carbons (Fsp3) is 0.364. The molecule has 0 saturated heterocycles. The molecule has 4 nitrogen and oxygen atoms in total. The Labute approximate surface area is 94.8 Å². The summed E-state index contributed by atoms with van der Waals surface area (Å²) in [6.07, 6.45) is 0.0611. The van der Waals surface area contributed by atoms with Gasteiger partial charge < -0.3 is 5.11 Å². The van der Waals surface area contributed by atoms with Gasteiger partial charge in [-0.05, 0) is 25.5 Å². The van der Waals surface area contributed by atoms with Crippen LogP contribution in [0.3, 0.4) is 0 Å². The predicted octanol–water partition coefficient (Wildman–Crippen LogP) is 1.63. The van der Waals surface area contributed by atoms with E-state index in [1.807, 2.05) is 6.92 Å². The first kappa shape index (κ1) is 12.7. The molecule has 1 aromatic carbocycles. The molecular weight excluding hydrogens is 228 g/mol. The second-order valence-corrected chi connectivity index (χ2v) is 5.72. The van der Waals surface area contributed by atoms with Crippen LogP contribution >= 0.6 is 0 Å². The summed E-state index contributed by atoms with van der Waals surface area (Å²) < 4.78 is 23.9. The molecule has 1 unspecified atom stereocenters. The van der Waals surface area contributed by atoms with Crippen LogP contribution in [0.15, 0.2) is 29.2 Å². The van der Waals surface area contributed by atoms with Crippen molar-refractivity contribution in [3.05, 3.63) is 29.8 Å². The lowest BCUT2D eigenvalue weighted by Gasteiger charge is -2.11. The Bertz CT molecular complexity index is 473. The van der Waals surface area contributed by atoms with Crippen molar-refractivity contribution in [2.75, 3.05) is 0 Å². The predicted molar refractivity (Wildman–Crippen MR) is 60.1 cm³/mol. The van der Waals surface area contributed by atoms with Crippen molar-refractivity contribution in [2.24, 2.45) is 0 Å². The van der Waals surface area contributed by atoms with Crippen LogP contribution in [-0.2, 0) is 14.6 Å². The zero-order valence-corrected chi connectivity index (χ0v) is 9.99. The van der Waals surface area contributed by atoms with E-state index in [0.717, 1.165) is 5.56 Å². The highest BCUT2D eigenvalue weighted by Gasteiger charge is 2.32. The number of carboxylic acids is 1. The standard InChI is InChI=1S/C11H14O4S/c1-3-10(11(12)13)16(14,15)9-6-4-8(2)5-7-9/h4-7,10H,3H2,1-2H3,(H,12,13). The quantitative estimate of drug-likeness (QED) is 0.871. The normalized spacial score (nSPS) is 13.4. The van der Waals surface area contributed by atoms with E-state index < -0.39 is 21.1 Å². The number of sulfone groups is 1. The van der Waals surface area contributed by atoms with Crippen molar-refractivity contribution in [3.8, 4) is 0 Å². The largest absolute Gasteiger partial charge is 0.480 e. The molecule has 16 heavy (non-hydrogen) atoms. The summed E-state index contributed by atoms with van der Waals surface area (Å²) in [4.78, 5) is 10.9. The van der Waals surface area contributed by atoms with Gasteiger partial charge in [-0.1, -0.05) is 24.6 Å². The third kappa shape index (κ3) is 2.41. The second-order valence-electron chi connectivity index (χ2n) is 3.59. The Morgan fingerprint density at radius 3 is 2.19 bits per heavy atom. The lowest BCUT2D eigenvalue weighted by molar-refractivity contribution is -0.136. The van der Waals surface area contributed by atoms with Crippen molar-refractivity contribution < 1.29 is 18.3 Å². The monoisotopic (exact) mass is 242 g/mol. The highest BCUT2D eigenvalue weighted by Crippen LogP contribution is 2.19. The van der Waals surface area contributed by atoms with E-state index in [-0.39, 0.29) is 11.3 Å². The maximum atomic E-state index is 11.9. The van der Waals surface area contributed by atoms with Crippen molar-refractivity contribution in [2.45, 2.75) is 30.4 Å². The minimum absolute atomic E-state index is 0.0611. The Morgan fingerprint density at radius 1 is 1.31 bits per heavy atom. The molecule has 1 aromatic rings. The molecule has 0 aliphatic heterocycles. The number of carboxylic acid groups (broad SMARTS) is 1. The molecule has 0 amide bonds. The van der Waals surface area contributed by atoms with Crippen molar-refractivity contribution in [1.29, 1.82) is 0 Å². The van der Waals surface area contributed by atoms with Crippen LogP contribution in [0.2, 0.25) is 0 Å². The van der Waals surface area contributed by atoms with E-state index >= 15 is 0 Å². The first-order valence-electron chi connectivity index (χ1n) is 4.93.